The molecule has 1 amide bonds. The van der Waals surface area contributed by atoms with Crippen molar-refractivity contribution < 1.29 is 19.2 Å². The molecule has 1 aromatic carbocycles. The molecule has 20 heavy (non-hydrogen) atoms. The molecule has 0 aromatic heterocycles. The molecule has 8 nitrogen and oxygen atoms in total. The fourth-order valence-electron chi connectivity index (χ4n) is 1.33. The zero-order valence-electron chi connectivity index (χ0n) is 10.6. The fraction of sp³-hybridized carbons (Fsp3) is 0.273. The molecule has 1 rings (SSSR count). The summed E-state index contributed by atoms with van der Waals surface area (Å²) in [6.07, 6.45) is 1.57. The fourth-order valence-corrected chi connectivity index (χ4v) is 1.50. The largest absolute Gasteiger partial charge is 0.453 e. The van der Waals surface area contributed by atoms with Gasteiger partial charge in [-0.2, -0.15) is 0 Å². The number of nitrogens with one attached hydrogen (secondary N) is 1. The zero-order chi connectivity index (χ0) is 15.1. The Kier molecular flexibility index (Phi) is 5.94. The maximum atomic E-state index is 11.2. The molecule has 0 spiro atoms. The van der Waals surface area contributed by atoms with Crippen LogP contribution in [-0.2, 0) is 16.1 Å². The van der Waals surface area contributed by atoms with Crippen molar-refractivity contribution in [1.82, 2.24) is 0 Å². The average molecular weight is 299 g/mol. The Morgan fingerprint density at radius 1 is 1.50 bits per heavy atom. The third-order valence-corrected chi connectivity index (χ3v) is 2.69. The number of ether oxygens (including phenoxy) is 1. The van der Waals surface area contributed by atoms with Gasteiger partial charge in [-0.15, -0.1) is 0 Å². The van der Waals surface area contributed by atoms with Crippen LogP contribution in [-0.4, -0.2) is 28.9 Å². The van der Waals surface area contributed by atoms with Crippen LogP contribution in [0.4, 0.5) is 16.2 Å². The number of hydrogen-bond acceptors (Lipinski definition) is 7. The highest BCUT2D eigenvalue weighted by molar-refractivity contribution is 8.12. The molecule has 0 bridgehead atoms. The maximum Gasteiger partial charge on any atom is 0.367 e. The normalized spacial score (nSPS) is 9.90. The molecule has 0 saturated carbocycles. The molecule has 0 aliphatic carbocycles. The third-order valence-electron chi connectivity index (χ3n) is 2.24. The number of nitro benzene ring substituents is 1. The van der Waals surface area contributed by atoms with Gasteiger partial charge in [0.15, 0.2) is 0 Å². The summed E-state index contributed by atoms with van der Waals surface area (Å²) in [4.78, 5) is 32.5. The smallest absolute Gasteiger partial charge is 0.367 e. The molecule has 0 aliphatic heterocycles. The van der Waals surface area contributed by atoms with Crippen LogP contribution in [0.3, 0.4) is 0 Å². The molecule has 3 N–H and O–H groups in total. The molecule has 0 saturated heterocycles. The Morgan fingerprint density at radius 3 is 2.75 bits per heavy atom. The van der Waals surface area contributed by atoms with Crippen molar-refractivity contribution in [2.24, 2.45) is 5.73 Å². The van der Waals surface area contributed by atoms with Crippen LogP contribution in [0.2, 0.25) is 0 Å². The predicted molar refractivity (Wildman–Crippen MR) is 74.5 cm³/mol. The van der Waals surface area contributed by atoms with Crippen molar-refractivity contribution in [3.05, 3.63) is 33.9 Å². The Bertz CT molecular complexity index is 535. The molecule has 108 valence electrons. The second kappa shape index (κ2) is 7.46. The number of amides is 1. The lowest BCUT2D eigenvalue weighted by atomic mass is 10.2. The van der Waals surface area contributed by atoms with Gasteiger partial charge in [0.2, 0.25) is 5.91 Å². The number of thioether (sulfide) groups is 1. The lowest BCUT2D eigenvalue weighted by molar-refractivity contribution is -0.384. The van der Waals surface area contributed by atoms with Crippen LogP contribution in [0.1, 0.15) is 5.56 Å². The summed E-state index contributed by atoms with van der Waals surface area (Å²) in [5.74, 6) is -0.533. The Morgan fingerprint density at radius 2 is 2.20 bits per heavy atom. The number of rotatable bonds is 5. The van der Waals surface area contributed by atoms with E-state index in [2.05, 4.69) is 5.32 Å². The van der Waals surface area contributed by atoms with Gasteiger partial charge in [-0.1, -0.05) is 6.07 Å². The van der Waals surface area contributed by atoms with E-state index in [1.165, 1.54) is 18.2 Å². The summed E-state index contributed by atoms with van der Waals surface area (Å²) < 4.78 is 4.85. The van der Waals surface area contributed by atoms with E-state index >= 15 is 0 Å². The van der Waals surface area contributed by atoms with Crippen LogP contribution >= 0.6 is 11.8 Å². The summed E-state index contributed by atoms with van der Waals surface area (Å²) in [5.41, 5.74) is 5.34. The minimum atomic E-state index is -0.633. The van der Waals surface area contributed by atoms with Gasteiger partial charge in [-0.3, -0.25) is 14.9 Å². The van der Waals surface area contributed by atoms with Gasteiger partial charge in [0, 0.05) is 6.07 Å². The average Bonchev–Trinajstić information content (AvgIpc) is 2.45. The molecule has 0 aliphatic rings. The van der Waals surface area contributed by atoms with Crippen molar-refractivity contribution >= 4 is 34.3 Å². The highest BCUT2D eigenvalue weighted by atomic mass is 32.2. The Hall–Kier alpha value is -2.13. The summed E-state index contributed by atoms with van der Waals surface area (Å²) >= 11 is 0.903. The van der Waals surface area contributed by atoms with Gasteiger partial charge in [0.25, 0.3) is 5.69 Å². The second-order valence-corrected chi connectivity index (χ2v) is 4.35. The number of nitrogens with two attached hydrogens (primary N) is 1. The summed E-state index contributed by atoms with van der Waals surface area (Å²) in [5, 5.41) is 12.8. The first-order valence-corrected chi connectivity index (χ1v) is 6.68. The third kappa shape index (κ3) is 4.52. The van der Waals surface area contributed by atoms with Gasteiger partial charge >= 0.3 is 5.30 Å². The van der Waals surface area contributed by atoms with Gasteiger partial charge in [0.05, 0.1) is 11.5 Å². The predicted octanol–water partition coefficient (Wildman–Crippen LogP) is 1.49. The number of hydrogen-bond donors (Lipinski definition) is 2. The molecule has 0 unspecified atom stereocenters. The van der Waals surface area contributed by atoms with Crippen molar-refractivity contribution in [3.63, 3.8) is 0 Å². The maximum absolute atomic E-state index is 11.2. The number of benzene rings is 1. The number of anilines is 1. The molecule has 0 atom stereocenters. The van der Waals surface area contributed by atoms with Crippen LogP contribution < -0.4 is 11.1 Å². The van der Waals surface area contributed by atoms with E-state index in [-0.39, 0.29) is 24.5 Å². The molecule has 0 heterocycles. The SMILES string of the molecule is CSC(=O)OCc1ccc(NC(=O)CN)c([N+](=O)[O-])c1. The van der Waals surface area contributed by atoms with E-state index in [0.717, 1.165) is 11.8 Å². The van der Waals surface area contributed by atoms with E-state index in [9.17, 15) is 19.7 Å². The first-order valence-electron chi connectivity index (χ1n) is 5.46. The number of carbonyl (C=O) groups is 2. The highest BCUT2D eigenvalue weighted by Gasteiger charge is 2.16. The first-order chi connectivity index (χ1) is 9.47. The standard InChI is InChI=1S/C11H13N3O5S/c1-20-11(16)19-6-7-2-3-8(13-10(15)5-12)9(4-7)14(17)18/h2-4H,5-6,12H2,1H3,(H,13,15). The van der Waals surface area contributed by atoms with E-state index in [1.54, 1.807) is 6.26 Å². The van der Waals surface area contributed by atoms with E-state index in [0.29, 0.717) is 5.56 Å². The summed E-state index contributed by atoms with van der Waals surface area (Å²) in [6.45, 7) is -0.351. The van der Waals surface area contributed by atoms with Crippen LogP contribution in [0, 0.1) is 10.1 Å². The second-order valence-electron chi connectivity index (χ2n) is 3.60. The van der Waals surface area contributed by atoms with Crippen LogP contribution in [0.25, 0.3) is 0 Å². The quantitative estimate of drug-likeness (QED) is 0.479. The molecule has 0 fully saturated rings. The number of nitro groups is 1. The first kappa shape index (κ1) is 15.9. The highest BCUT2D eigenvalue weighted by Crippen LogP contribution is 2.26. The van der Waals surface area contributed by atoms with E-state index in [1.807, 2.05) is 0 Å². The van der Waals surface area contributed by atoms with Crippen molar-refractivity contribution in [1.29, 1.82) is 0 Å². The van der Waals surface area contributed by atoms with Gasteiger partial charge in [-0.05, 0) is 29.6 Å². The molecule has 9 heteroatoms. The Labute approximate surface area is 118 Å². The van der Waals surface area contributed by atoms with Crippen molar-refractivity contribution in [3.8, 4) is 0 Å². The lowest BCUT2D eigenvalue weighted by Crippen LogP contribution is -2.22. The lowest BCUT2D eigenvalue weighted by Gasteiger charge is -2.07. The summed E-state index contributed by atoms with van der Waals surface area (Å²) in [6, 6.07) is 4.13. The number of carbonyl (C=O) groups excluding carboxylic acids is 2. The minimum Gasteiger partial charge on any atom is -0.453 e. The van der Waals surface area contributed by atoms with E-state index in [4.69, 9.17) is 10.5 Å². The molecular formula is C11H13N3O5S. The molecule has 1 aromatic rings. The van der Waals surface area contributed by atoms with Crippen LogP contribution in [0.15, 0.2) is 18.2 Å². The topological polar surface area (TPSA) is 125 Å². The van der Waals surface area contributed by atoms with E-state index < -0.39 is 16.1 Å². The number of nitrogens with zero attached hydrogens (tertiary/aromatic N) is 1. The summed E-state index contributed by atoms with van der Waals surface area (Å²) in [7, 11) is 0. The van der Waals surface area contributed by atoms with Gasteiger partial charge < -0.3 is 15.8 Å². The van der Waals surface area contributed by atoms with Crippen molar-refractivity contribution in [2.75, 3.05) is 18.1 Å². The molecular weight excluding hydrogens is 286 g/mol. The van der Waals surface area contributed by atoms with Gasteiger partial charge in [0.1, 0.15) is 12.3 Å². The minimum absolute atomic E-state index is 0.0467. The monoisotopic (exact) mass is 299 g/mol. The van der Waals surface area contributed by atoms with Gasteiger partial charge in [-0.25, -0.2) is 4.79 Å². The zero-order valence-corrected chi connectivity index (χ0v) is 11.4. The Balaban J connectivity index is 2.92. The van der Waals surface area contributed by atoms with Crippen molar-refractivity contribution in [2.45, 2.75) is 6.61 Å². The van der Waals surface area contributed by atoms with Crippen LogP contribution in [0.5, 0.6) is 0 Å². The molecule has 0 radical (unpaired) electrons.